The number of hydrogen-bond acceptors (Lipinski definition) is 4. The molecule has 0 saturated heterocycles. The van der Waals surface area contributed by atoms with Crippen molar-refractivity contribution in [3.8, 4) is 0 Å². The molecule has 0 aliphatic rings. The molecule has 0 rings (SSSR count). The van der Waals surface area contributed by atoms with Crippen molar-refractivity contribution < 1.29 is 14.6 Å². The largest absolute Gasteiger partial charge is 0.386 e. The highest BCUT2D eigenvalue weighted by Crippen LogP contribution is 1.95. The molecule has 0 amide bonds. The van der Waals surface area contributed by atoms with Crippen molar-refractivity contribution in [1.29, 1.82) is 0 Å². The van der Waals surface area contributed by atoms with Crippen LogP contribution in [0.15, 0.2) is 0 Å². The highest BCUT2D eigenvalue weighted by atomic mass is 16.7. The second kappa shape index (κ2) is 4.69. The van der Waals surface area contributed by atoms with Gasteiger partial charge in [-0.1, -0.05) is 0 Å². The number of aliphatic hydroxyl groups excluding tert-OH is 1. The topological polar surface area (TPSA) is 64.7 Å². The van der Waals surface area contributed by atoms with Crippen LogP contribution in [-0.2, 0) is 9.47 Å². The summed E-state index contributed by atoms with van der Waals surface area (Å²) in [6.07, 6.45) is -1.34. The Bertz CT molecular complexity index is 65.2. The Morgan fingerprint density at radius 2 is 1.89 bits per heavy atom. The van der Waals surface area contributed by atoms with Crippen molar-refractivity contribution >= 4 is 0 Å². The average molecular weight is 135 g/mol. The van der Waals surface area contributed by atoms with Gasteiger partial charge in [0.2, 0.25) is 0 Å². The van der Waals surface area contributed by atoms with Crippen molar-refractivity contribution in [2.24, 2.45) is 5.73 Å². The van der Waals surface area contributed by atoms with Gasteiger partial charge in [0, 0.05) is 20.8 Å². The summed E-state index contributed by atoms with van der Waals surface area (Å²) in [5.41, 5.74) is 5.11. The van der Waals surface area contributed by atoms with Gasteiger partial charge in [0.15, 0.2) is 6.29 Å². The van der Waals surface area contributed by atoms with Gasteiger partial charge in [-0.25, -0.2) is 0 Å². The summed E-state index contributed by atoms with van der Waals surface area (Å²) in [6, 6.07) is 0. The van der Waals surface area contributed by atoms with Gasteiger partial charge in [-0.05, 0) is 0 Å². The van der Waals surface area contributed by atoms with E-state index in [2.05, 4.69) is 0 Å². The van der Waals surface area contributed by atoms with Gasteiger partial charge in [-0.15, -0.1) is 0 Å². The van der Waals surface area contributed by atoms with Crippen LogP contribution < -0.4 is 5.73 Å². The molecule has 0 radical (unpaired) electrons. The summed E-state index contributed by atoms with van der Waals surface area (Å²) in [7, 11) is 2.90. The van der Waals surface area contributed by atoms with Gasteiger partial charge < -0.3 is 20.3 Å². The van der Waals surface area contributed by atoms with Gasteiger partial charge in [-0.3, -0.25) is 0 Å². The SMILES string of the molecule is COC(OC)[C@@H](O)CN. The normalized spacial score (nSPS) is 14.3. The lowest BCUT2D eigenvalue weighted by atomic mass is 10.3. The molecule has 0 bridgehead atoms. The van der Waals surface area contributed by atoms with E-state index < -0.39 is 12.4 Å². The van der Waals surface area contributed by atoms with E-state index in [9.17, 15) is 0 Å². The predicted octanol–water partition coefficient (Wildman–Crippen LogP) is -1.08. The summed E-state index contributed by atoms with van der Waals surface area (Å²) in [5, 5.41) is 8.94. The molecule has 0 aliphatic carbocycles. The number of hydrogen-bond donors (Lipinski definition) is 2. The van der Waals surface area contributed by atoms with E-state index in [0.717, 1.165) is 0 Å². The molecule has 0 spiro atoms. The third-order valence-corrected chi connectivity index (χ3v) is 1.02. The van der Waals surface area contributed by atoms with E-state index in [1.807, 2.05) is 0 Å². The third kappa shape index (κ3) is 2.76. The lowest BCUT2D eigenvalue weighted by Crippen LogP contribution is -2.35. The minimum Gasteiger partial charge on any atom is -0.386 e. The van der Waals surface area contributed by atoms with Crippen molar-refractivity contribution in [3.63, 3.8) is 0 Å². The molecule has 0 fully saturated rings. The highest BCUT2D eigenvalue weighted by molar-refractivity contribution is 4.58. The molecule has 3 N–H and O–H groups in total. The minimum atomic E-state index is -0.736. The second-order valence-corrected chi connectivity index (χ2v) is 1.64. The van der Waals surface area contributed by atoms with Crippen LogP contribution in [0.1, 0.15) is 0 Å². The highest BCUT2D eigenvalue weighted by Gasteiger charge is 2.14. The van der Waals surface area contributed by atoms with Gasteiger partial charge in [0.05, 0.1) is 0 Å². The molecular weight excluding hydrogens is 122 g/mol. The summed E-state index contributed by atoms with van der Waals surface area (Å²) in [4.78, 5) is 0. The fourth-order valence-electron chi connectivity index (χ4n) is 0.522. The van der Waals surface area contributed by atoms with Crippen LogP contribution in [0.4, 0.5) is 0 Å². The van der Waals surface area contributed by atoms with Crippen LogP contribution in [0.25, 0.3) is 0 Å². The fourth-order valence-corrected chi connectivity index (χ4v) is 0.522. The first-order valence-electron chi connectivity index (χ1n) is 2.70. The summed E-state index contributed by atoms with van der Waals surface area (Å²) in [6.45, 7) is 0.145. The summed E-state index contributed by atoms with van der Waals surface area (Å²) < 4.78 is 9.40. The lowest BCUT2D eigenvalue weighted by Gasteiger charge is -2.17. The Morgan fingerprint density at radius 1 is 1.44 bits per heavy atom. The van der Waals surface area contributed by atoms with Gasteiger partial charge in [0.25, 0.3) is 0 Å². The summed E-state index contributed by atoms with van der Waals surface area (Å²) >= 11 is 0. The van der Waals surface area contributed by atoms with Crippen LogP contribution in [0, 0.1) is 0 Å². The van der Waals surface area contributed by atoms with Crippen molar-refractivity contribution in [1.82, 2.24) is 0 Å². The van der Waals surface area contributed by atoms with Crippen LogP contribution in [0.5, 0.6) is 0 Å². The maximum atomic E-state index is 8.94. The van der Waals surface area contributed by atoms with E-state index >= 15 is 0 Å². The van der Waals surface area contributed by atoms with E-state index in [0.29, 0.717) is 0 Å². The maximum absolute atomic E-state index is 8.94. The lowest BCUT2D eigenvalue weighted by molar-refractivity contribution is -0.160. The molecule has 0 heterocycles. The fraction of sp³-hybridized carbons (Fsp3) is 1.00. The van der Waals surface area contributed by atoms with E-state index in [1.54, 1.807) is 0 Å². The monoisotopic (exact) mass is 135 g/mol. The quantitative estimate of drug-likeness (QED) is 0.481. The maximum Gasteiger partial charge on any atom is 0.183 e. The zero-order valence-corrected chi connectivity index (χ0v) is 5.70. The molecule has 1 atom stereocenters. The molecule has 4 nitrogen and oxygen atoms in total. The smallest absolute Gasteiger partial charge is 0.183 e. The Morgan fingerprint density at radius 3 is 2.00 bits per heavy atom. The number of aliphatic hydroxyl groups is 1. The van der Waals surface area contributed by atoms with Crippen molar-refractivity contribution in [2.75, 3.05) is 20.8 Å². The molecule has 0 aromatic rings. The molecule has 4 heteroatoms. The number of methoxy groups -OCH3 is 2. The van der Waals surface area contributed by atoms with E-state index in [1.165, 1.54) is 14.2 Å². The number of nitrogens with two attached hydrogens (primary N) is 1. The first kappa shape index (κ1) is 8.84. The first-order valence-corrected chi connectivity index (χ1v) is 2.70. The number of rotatable bonds is 4. The van der Waals surface area contributed by atoms with Crippen LogP contribution in [-0.4, -0.2) is 38.3 Å². The number of ether oxygens (including phenoxy) is 2. The Kier molecular flexibility index (Phi) is 4.61. The van der Waals surface area contributed by atoms with Gasteiger partial charge in [0.1, 0.15) is 6.10 Å². The van der Waals surface area contributed by atoms with E-state index in [-0.39, 0.29) is 6.54 Å². The standard InChI is InChI=1S/C5H13NO3/c1-8-5(9-2)4(7)3-6/h4-5,7H,3,6H2,1-2H3/t4-/m0/s1. The molecular formula is C5H13NO3. The molecule has 56 valence electrons. The second-order valence-electron chi connectivity index (χ2n) is 1.64. The zero-order chi connectivity index (χ0) is 7.28. The minimum absolute atomic E-state index is 0.145. The van der Waals surface area contributed by atoms with Crippen LogP contribution in [0.3, 0.4) is 0 Å². The molecule has 0 saturated carbocycles. The molecule has 0 aromatic carbocycles. The van der Waals surface area contributed by atoms with Crippen molar-refractivity contribution in [2.45, 2.75) is 12.4 Å². The van der Waals surface area contributed by atoms with Crippen molar-refractivity contribution in [3.05, 3.63) is 0 Å². The average Bonchev–Trinajstić information content (AvgIpc) is 1.90. The van der Waals surface area contributed by atoms with Crippen LogP contribution in [0.2, 0.25) is 0 Å². The molecule has 0 unspecified atom stereocenters. The van der Waals surface area contributed by atoms with Gasteiger partial charge in [-0.2, -0.15) is 0 Å². The third-order valence-electron chi connectivity index (χ3n) is 1.02. The Hall–Kier alpha value is -0.160. The van der Waals surface area contributed by atoms with Gasteiger partial charge >= 0.3 is 0 Å². The predicted molar refractivity (Wildman–Crippen MR) is 32.9 cm³/mol. The Balaban J connectivity index is 3.50. The molecule has 0 aromatic heterocycles. The first-order chi connectivity index (χ1) is 4.26. The Labute approximate surface area is 54.6 Å². The molecule has 0 aliphatic heterocycles. The summed E-state index contributed by atoms with van der Waals surface area (Å²) in [5.74, 6) is 0. The molecule has 9 heavy (non-hydrogen) atoms. The zero-order valence-electron chi connectivity index (χ0n) is 5.70. The van der Waals surface area contributed by atoms with E-state index in [4.69, 9.17) is 20.3 Å². The van der Waals surface area contributed by atoms with Crippen LogP contribution >= 0.6 is 0 Å².